The molecule has 1 aliphatic rings. The largest absolute Gasteiger partial charge is 0.872 e. The van der Waals surface area contributed by atoms with Crippen LogP contribution in [-0.2, 0) is 9.59 Å². The SMILES string of the molecule is CCCOc1cccc(C2/C(=C(\[O-])c3ccccc3)C(=O)C(=O)N2CCC[NH+](C)C)c1. The average molecular weight is 423 g/mol. The number of benzene rings is 2. The Labute approximate surface area is 183 Å². The molecule has 1 amide bonds. The minimum atomic E-state index is -0.713. The Bertz CT molecular complexity index is 953. The fraction of sp³-hybridized carbons (Fsp3) is 0.360. The number of hydrogen-bond acceptors (Lipinski definition) is 4. The third-order valence-electron chi connectivity index (χ3n) is 5.29. The third kappa shape index (κ3) is 5.14. The summed E-state index contributed by atoms with van der Waals surface area (Å²) in [7, 11) is 4.08. The van der Waals surface area contributed by atoms with Crippen molar-refractivity contribution in [3.63, 3.8) is 0 Å². The number of carbonyl (C=O) groups is 2. The van der Waals surface area contributed by atoms with Crippen LogP contribution in [0.2, 0.25) is 0 Å². The van der Waals surface area contributed by atoms with E-state index in [9.17, 15) is 14.7 Å². The predicted octanol–water partition coefficient (Wildman–Crippen LogP) is 1.23. The van der Waals surface area contributed by atoms with Crippen molar-refractivity contribution in [3.8, 4) is 5.75 Å². The van der Waals surface area contributed by atoms with Crippen LogP contribution < -0.4 is 14.7 Å². The Morgan fingerprint density at radius 3 is 2.52 bits per heavy atom. The molecule has 1 unspecified atom stereocenters. The van der Waals surface area contributed by atoms with Crippen molar-refractivity contribution in [2.24, 2.45) is 0 Å². The zero-order valence-corrected chi connectivity index (χ0v) is 18.4. The number of Topliss-reactive ketones (excluding diaryl/α,β-unsaturated/α-hetero) is 1. The van der Waals surface area contributed by atoms with Gasteiger partial charge >= 0.3 is 0 Å². The summed E-state index contributed by atoms with van der Waals surface area (Å²) >= 11 is 0. The molecule has 0 saturated carbocycles. The van der Waals surface area contributed by atoms with Crippen molar-refractivity contribution < 1.29 is 24.3 Å². The van der Waals surface area contributed by atoms with Gasteiger partial charge in [0.2, 0.25) is 5.78 Å². The van der Waals surface area contributed by atoms with Crippen LogP contribution in [0.15, 0.2) is 60.2 Å². The van der Waals surface area contributed by atoms with Crippen LogP contribution in [0.25, 0.3) is 5.76 Å². The van der Waals surface area contributed by atoms with Crippen LogP contribution in [0.5, 0.6) is 5.75 Å². The molecule has 2 aromatic rings. The molecule has 1 aliphatic heterocycles. The molecule has 0 radical (unpaired) electrons. The van der Waals surface area contributed by atoms with Crippen molar-refractivity contribution in [3.05, 3.63) is 71.3 Å². The number of nitrogens with zero attached hydrogens (tertiary/aromatic N) is 1. The van der Waals surface area contributed by atoms with E-state index in [-0.39, 0.29) is 5.57 Å². The minimum absolute atomic E-state index is 0.0149. The van der Waals surface area contributed by atoms with Gasteiger partial charge in [-0.05, 0) is 29.7 Å². The van der Waals surface area contributed by atoms with Crippen molar-refractivity contribution in [1.29, 1.82) is 0 Å². The number of ketones is 1. The van der Waals surface area contributed by atoms with Gasteiger partial charge in [-0.15, -0.1) is 0 Å². The van der Waals surface area contributed by atoms with E-state index in [4.69, 9.17) is 4.74 Å². The fourth-order valence-electron chi connectivity index (χ4n) is 3.79. The van der Waals surface area contributed by atoms with E-state index in [1.807, 2.05) is 51.4 Å². The molecule has 1 atom stereocenters. The highest BCUT2D eigenvalue weighted by molar-refractivity contribution is 6.46. The standard InChI is InChI=1S/C25H30N2O4/c1-4-16-31-20-13-8-12-19(17-20)22-21(23(28)18-10-6-5-7-11-18)24(29)25(30)27(22)15-9-14-26(2)3/h5-8,10-13,17,22,28H,4,9,14-16H2,1-3H3/b23-21+. The molecule has 0 aliphatic carbocycles. The third-order valence-corrected chi connectivity index (χ3v) is 5.29. The smallest absolute Gasteiger partial charge is 0.295 e. The van der Waals surface area contributed by atoms with Crippen LogP contribution in [0, 0.1) is 0 Å². The van der Waals surface area contributed by atoms with Crippen LogP contribution in [0.4, 0.5) is 0 Å². The van der Waals surface area contributed by atoms with Gasteiger partial charge in [0.25, 0.3) is 5.91 Å². The molecule has 1 heterocycles. The molecule has 1 saturated heterocycles. The van der Waals surface area contributed by atoms with E-state index in [2.05, 4.69) is 0 Å². The molecule has 1 N–H and O–H groups in total. The van der Waals surface area contributed by atoms with Gasteiger partial charge in [-0.25, -0.2) is 0 Å². The lowest BCUT2D eigenvalue weighted by Gasteiger charge is -2.28. The number of rotatable bonds is 9. The number of likely N-dealkylation sites (tertiary alicyclic amines) is 1. The fourth-order valence-corrected chi connectivity index (χ4v) is 3.79. The van der Waals surface area contributed by atoms with Gasteiger partial charge in [0.15, 0.2) is 0 Å². The second-order valence-electron chi connectivity index (χ2n) is 8.07. The summed E-state index contributed by atoms with van der Waals surface area (Å²) in [6, 6.07) is 15.3. The van der Waals surface area contributed by atoms with Crippen molar-refractivity contribution >= 4 is 17.4 Å². The number of amides is 1. The average Bonchev–Trinajstić information content (AvgIpc) is 3.03. The maximum atomic E-state index is 13.3. The molecule has 164 valence electrons. The van der Waals surface area contributed by atoms with Gasteiger partial charge in [0.05, 0.1) is 33.3 Å². The Morgan fingerprint density at radius 1 is 1.10 bits per heavy atom. The van der Waals surface area contributed by atoms with Gasteiger partial charge in [0, 0.05) is 18.5 Å². The van der Waals surface area contributed by atoms with Crippen LogP contribution in [-0.4, -0.2) is 50.4 Å². The van der Waals surface area contributed by atoms with E-state index in [0.29, 0.717) is 30.0 Å². The highest BCUT2D eigenvalue weighted by atomic mass is 16.5. The minimum Gasteiger partial charge on any atom is -0.872 e. The Balaban J connectivity index is 2.06. The number of carbonyl (C=O) groups excluding carboxylic acids is 2. The quantitative estimate of drug-likeness (QED) is 0.375. The summed E-state index contributed by atoms with van der Waals surface area (Å²) in [5.74, 6) is -1.06. The molecule has 6 nitrogen and oxygen atoms in total. The molecular formula is C25H30N2O4. The molecule has 0 spiro atoms. The normalized spacial score (nSPS) is 18.1. The number of ether oxygens (including phenoxy) is 1. The van der Waals surface area contributed by atoms with E-state index in [0.717, 1.165) is 19.4 Å². The Hall–Kier alpha value is -3.12. The van der Waals surface area contributed by atoms with E-state index in [1.54, 1.807) is 29.2 Å². The van der Waals surface area contributed by atoms with Crippen LogP contribution in [0.1, 0.15) is 36.9 Å². The zero-order chi connectivity index (χ0) is 22.4. The summed E-state index contributed by atoms with van der Waals surface area (Å²) < 4.78 is 5.75. The second-order valence-corrected chi connectivity index (χ2v) is 8.07. The first-order valence-corrected chi connectivity index (χ1v) is 10.8. The Morgan fingerprint density at radius 2 is 1.84 bits per heavy atom. The molecule has 2 aromatic carbocycles. The number of hydrogen-bond donors (Lipinski definition) is 1. The van der Waals surface area contributed by atoms with Gasteiger partial charge in [-0.2, -0.15) is 0 Å². The first-order valence-electron chi connectivity index (χ1n) is 10.8. The summed E-state index contributed by atoms with van der Waals surface area (Å²) in [5, 5.41) is 13.3. The molecular weight excluding hydrogens is 392 g/mol. The summed E-state index contributed by atoms with van der Waals surface area (Å²) in [5.41, 5.74) is 1.13. The van der Waals surface area contributed by atoms with Crippen LogP contribution in [0.3, 0.4) is 0 Å². The molecule has 3 rings (SSSR count). The zero-order valence-electron chi connectivity index (χ0n) is 18.4. The van der Waals surface area contributed by atoms with Gasteiger partial charge in [0.1, 0.15) is 5.75 Å². The highest BCUT2D eigenvalue weighted by Crippen LogP contribution is 2.39. The summed E-state index contributed by atoms with van der Waals surface area (Å²) in [4.78, 5) is 28.7. The maximum Gasteiger partial charge on any atom is 0.295 e. The molecule has 6 heteroatoms. The molecule has 0 aromatic heterocycles. The lowest BCUT2D eigenvalue weighted by molar-refractivity contribution is -0.858. The van der Waals surface area contributed by atoms with E-state index >= 15 is 0 Å². The monoisotopic (exact) mass is 422 g/mol. The molecule has 1 fully saturated rings. The molecule has 31 heavy (non-hydrogen) atoms. The number of quaternary nitrogens is 1. The number of nitrogens with one attached hydrogen (secondary N) is 1. The molecule has 0 bridgehead atoms. The first-order chi connectivity index (χ1) is 14.9. The van der Waals surface area contributed by atoms with Crippen LogP contribution >= 0.6 is 0 Å². The topological polar surface area (TPSA) is 74.1 Å². The highest BCUT2D eigenvalue weighted by Gasteiger charge is 2.44. The summed E-state index contributed by atoms with van der Waals surface area (Å²) in [6.07, 6.45) is 1.60. The Kier molecular flexibility index (Phi) is 7.47. The maximum absolute atomic E-state index is 13.3. The van der Waals surface area contributed by atoms with Gasteiger partial charge < -0.3 is 19.6 Å². The van der Waals surface area contributed by atoms with Crippen molar-refractivity contribution in [2.75, 3.05) is 33.8 Å². The van der Waals surface area contributed by atoms with Gasteiger partial charge in [-0.1, -0.05) is 55.1 Å². The first kappa shape index (κ1) is 22.6. The lowest BCUT2D eigenvalue weighted by Crippen LogP contribution is -3.05. The lowest BCUT2D eigenvalue weighted by atomic mass is 9.95. The van der Waals surface area contributed by atoms with Gasteiger partial charge in [-0.3, -0.25) is 9.59 Å². The van der Waals surface area contributed by atoms with Crippen molar-refractivity contribution in [1.82, 2.24) is 4.90 Å². The predicted molar refractivity (Wildman–Crippen MR) is 117 cm³/mol. The van der Waals surface area contributed by atoms with E-state index < -0.39 is 23.5 Å². The van der Waals surface area contributed by atoms with Crippen molar-refractivity contribution in [2.45, 2.75) is 25.8 Å². The second kappa shape index (κ2) is 10.3. The summed E-state index contributed by atoms with van der Waals surface area (Å²) in [6.45, 7) is 3.86. The van der Waals surface area contributed by atoms with E-state index in [1.165, 1.54) is 4.90 Å².